The van der Waals surface area contributed by atoms with E-state index in [1.807, 2.05) is 18.2 Å². The summed E-state index contributed by atoms with van der Waals surface area (Å²) in [5.74, 6) is -1.27. The molecule has 5 nitrogen and oxygen atoms in total. The molecule has 0 saturated heterocycles. The molecule has 0 atom stereocenters. The molecule has 0 unspecified atom stereocenters. The number of halogens is 1. The van der Waals surface area contributed by atoms with E-state index in [0.29, 0.717) is 10.6 Å². The van der Waals surface area contributed by atoms with E-state index in [1.54, 1.807) is 36.4 Å². The molecule has 0 aliphatic heterocycles. The first-order valence-electron chi connectivity index (χ1n) is 6.73. The highest BCUT2D eigenvalue weighted by Gasteiger charge is 2.12. The smallest absolute Gasteiger partial charge is 0.412 e. The molecule has 1 amide bonds. The van der Waals surface area contributed by atoms with Crippen molar-refractivity contribution < 1.29 is 19.4 Å². The Kier molecular flexibility index (Phi) is 5.77. The third kappa shape index (κ3) is 5.48. The molecule has 0 radical (unpaired) electrons. The molecule has 118 valence electrons. The lowest BCUT2D eigenvalue weighted by molar-refractivity contribution is -0.132. The van der Waals surface area contributed by atoms with Gasteiger partial charge in [-0.05, 0) is 29.3 Å². The molecule has 2 rings (SSSR count). The fourth-order valence-corrected chi connectivity index (χ4v) is 1.87. The molecule has 0 aliphatic rings. The number of hydrogen-bond donors (Lipinski definition) is 2. The summed E-state index contributed by atoms with van der Waals surface area (Å²) in [4.78, 5) is 22.9. The standard InChI is InChI=1S/C17H14ClNO4/c18-14-8-6-12(7-9-14)10-15(16(20)21)19-17(22)23-11-13-4-2-1-3-5-13/h1-10H,11H2,(H,19,22)(H,20,21). The molecule has 0 aliphatic carbocycles. The average molecular weight is 332 g/mol. The van der Waals surface area contributed by atoms with Crippen LogP contribution in [0.5, 0.6) is 0 Å². The molecule has 23 heavy (non-hydrogen) atoms. The van der Waals surface area contributed by atoms with Gasteiger partial charge >= 0.3 is 12.1 Å². The summed E-state index contributed by atoms with van der Waals surface area (Å²) in [6, 6.07) is 15.6. The molecule has 2 aromatic carbocycles. The van der Waals surface area contributed by atoms with Gasteiger partial charge in [0.05, 0.1) is 0 Å². The molecular formula is C17H14ClNO4. The number of carbonyl (C=O) groups is 2. The molecule has 0 heterocycles. The number of benzene rings is 2. The van der Waals surface area contributed by atoms with Gasteiger partial charge in [-0.2, -0.15) is 0 Å². The van der Waals surface area contributed by atoms with Crippen molar-refractivity contribution in [1.29, 1.82) is 0 Å². The van der Waals surface area contributed by atoms with E-state index < -0.39 is 12.1 Å². The minimum atomic E-state index is -1.27. The van der Waals surface area contributed by atoms with Crippen LogP contribution >= 0.6 is 11.6 Å². The topological polar surface area (TPSA) is 75.6 Å². The summed E-state index contributed by atoms with van der Waals surface area (Å²) in [5, 5.41) is 11.9. The Morgan fingerprint density at radius 1 is 1.09 bits per heavy atom. The number of hydrogen-bond acceptors (Lipinski definition) is 3. The summed E-state index contributed by atoms with van der Waals surface area (Å²) in [6.45, 7) is 0.0561. The fraction of sp³-hybridized carbons (Fsp3) is 0.0588. The monoisotopic (exact) mass is 331 g/mol. The molecule has 2 aromatic rings. The van der Waals surface area contributed by atoms with E-state index in [0.717, 1.165) is 5.56 Å². The van der Waals surface area contributed by atoms with Crippen molar-refractivity contribution >= 4 is 29.7 Å². The van der Waals surface area contributed by atoms with Gasteiger partial charge in [0.1, 0.15) is 12.3 Å². The van der Waals surface area contributed by atoms with Gasteiger partial charge in [0.15, 0.2) is 0 Å². The van der Waals surface area contributed by atoms with E-state index in [1.165, 1.54) is 6.08 Å². The maximum Gasteiger partial charge on any atom is 0.412 e. The van der Waals surface area contributed by atoms with Crippen molar-refractivity contribution in [3.63, 3.8) is 0 Å². The van der Waals surface area contributed by atoms with Crippen molar-refractivity contribution in [3.8, 4) is 0 Å². The lowest BCUT2D eigenvalue weighted by Crippen LogP contribution is -2.27. The zero-order chi connectivity index (χ0) is 16.7. The van der Waals surface area contributed by atoms with Crippen LogP contribution in [0.25, 0.3) is 6.08 Å². The molecule has 0 saturated carbocycles. The summed E-state index contributed by atoms with van der Waals surface area (Å²) < 4.78 is 4.99. The van der Waals surface area contributed by atoms with Crippen LogP contribution in [0.15, 0.2) is 60.3 Å². The highest BCUT2D eigenvalue weighted by Crippen LogP contribution is 2.12. The van der Waals surface area contributed by atoms with Crippen LogP contribution in [0.1, 0.15) is 11.1 Å². The minimum Gasteiger partial charge on any atom is -0.477 e. The molecule has 0 spiro atoms. The zero-order valence-corrected chi connectivity index (χ0v) is 12.8. The van der Waals surface area contributed by atoms with Crippen molar-refractivity contribution in [2.45, 2.75) is 6.61 Å². The predicted octanol–water partition coefficient (Wildman–Crippen LogP) is 3.69. The molecular weight excluding hydrogens is 318 g/mol. The van der Waals surface area contributed by atoms with Crippen molar-refractivity contribution in [1.82, 2.24) is 5.32 Å². The van der Waals surface area contributed by atoms with Crippen molar-refractivity contribution in [3.05, 3.63) is 76.4 Å². The number of nitrogens with one attached hydrogen (secondary N) is 1. The predicted molar refractivity (Wildman–Crippen MR) is 86.8 cm³/mol. The van der Waals surface area contributed by atoms with Gasteiger partial charge in [-0.1, -0.05) is 54.1 Å². The maximum atomic E-state index is 11.7. The van der Waals surface area contributed by atoms with Gasteiger partial charge in [-0.25, -0.2) is 9.59 Å². The highest BCUT2D eigenvalue weighted by atomic mass is 35.5. The Labute approximate surface area is 138 Å². The molecule has 6 heteroatoms. The number of alkyl carbamates (subject to hydrolysis) is 1. The summed E-state index contributed by atoms with van der Waals surface area (Å²) in [7, 11) is 0. The second-order valence-electron chi connectivity index (χ2n) is 4.60. The van der Waals surface area contributed by atoms with Crippen LogP contribution in [0.2, 0.25) is 5.02 Å². The van der Waals surface area contributed by atoms with E-state index >= 15 is 0 Å². The van der Waals surface area contributed by atoms with Crippen LogP contribution < -0.4 is 5.32 Å². The van der Waals surface area contributed by atoms with Crippen LogP contribution in [0, 0.1) is 0 Å². The van der Waals surface area contributed by atoms with E-state index in [-0.39, 0.29) is 12.3 Å². The van der Waals surface area contributed by atoms with Gasteiger partial charge in [-0.3, -0.25) is 5.32 Å². The Morgan fingerprint density at radius 3 is 2.35 bits per heavy atom. The van der Waals surface area contributed by atoms with Gasteiger partial charge in [0, 0.05) is 5.02 Å². The van der Waals surface area contributed by atoms with Gasteiger partial charge in [-0.15, -0.1) is 0 Å². The Balaban J connectivity index is 2.00. The molecule has 0 aromatic heterocycles. The van der Waals surface area contributed by atoms with E-state index in [9.17, 15) is 9.59 Å². The maximum absolute atomic E-state index is 11.7. The molecule has 2 N–H and O–H groups in total. The first-order chi connectivity index (χ1) is 11.0. The Hall–Kier alpha value is -2.79. The van der Waals surface area contributed by atoms with Crippen LogP contribution in [0.3, 0.4) is 0 Å². The average Bonchev–Trinajstić information content (AvgIpc) is 2.55. The zero-order valence-electron chi connectivity index (χ0n) is 12.0. The SMILES string of the molecule is O=C(NC(=Cc1ccc(Cl)cc1)C(=O)O)OCc1ccccc1. The molecule has 0 fully saturated rings. The Morgan fingerprint density at radius 2 is 1.74 bits per heavy atom. The first-order valence-corrected chi connectivity index (χ1v) is 7.10. The van der Waals surface area contributed by atoms with Gasteiger partial charge in [0.2, 0.25) is 0 Å². The first kappa shape index (κ1) is 16.6. The molecule has 0 bridgehead atoms. The second-order valence-corrected chi connectivity index (χ2v) is 5.04. The number of rotatable bonds is 5. The lowest BCUT2D eigenvalue weighted by Gasteiger charge is -2.08. The largest absolute Gasteiger partial charge is 0.477 e. The number of amides is 1. The number of aliphatic carboxylic acids is 1. The lowest BCUT2D eigenvalue weighted by atomic mass is 10.2. The van der Waals surface area contributed by atoms with Crippen LogP contribution in [0.4, 0.5) is 4.79 Å². The number of ether oxygens (including phenoxy) is 1. The minimum absolute atomic E-state index is 0.0561. The summed E-state index contributed by atoms with van der Waals surface area (Å²) in [6.07, 6.45) is 0.485. The summed E-state index contributed by atoms with van der Waals surface area (Å²) >= 11 is 5.77. The highest BCUT2D eigenvalue weighted by molar-refractivity contribution is 6.30. The third-order valence-electron chi connectivity index (χ3n) is 2.86. The van der Waals surface area contributed by atoms with Gasteiger partial charge in [0.25, 0.3) is 0 Å². The van der Waals surface area contributed by atoms with Crippen LogP contribution in [-0.4, -0.2) is 17.2 Å². The number of carboxylic acid groups (broad SMARTS) is 1. The van der Waals surface area contributed by atoms with Crippen molar-refractivity contribution in [2.75, 3.05) is 0 Å². The normalized spacial score (nSPS) is 10.9. The van der Waals surface area contributed by atoms with Crippen LogP contribution in [-0.2, 0) is 16.1 Å². The number of carboxylic acids is 1. The second kappa shape index (κ2) is 8.00. The summed E-state index contributed by atoms with van der Waals surface area (Å²) in [5.41, 5.74) is 1.11. The Bertz CT molecular complexity index is 711. The fourth-order valence-electron chi connectivity index (χ4n) is 1.75. The van der Waals surface area contributed by atoms with Crippen molar-refractivity contribution in [2.24, 2.45) is 0 Å². The quantitative estimate of drug-likeness (QED) is 0.819. The van der Waals surface area contributed by atoms with E-state index in [4.69, 9.17) is 21.4 Å². The van der Waals surface area contributed by atoms with Gasteiger partial charge < -0.3 is 9.84 Å². The third-order valence-corrected chi connectivity index (χ3v) is 3.11. The van der Waals surface area contributed by atoms with E-state index in [2.05, 4.69) is 5.32 Å². The number of carbonyl (C=O) groups excluding carboxylic acids is 1.